The zero-order valence-electron chi connectivity index (χ0n) is 21.8. The van der Waals surface area contributed by atoms with Crippen molar-refractivity contribution in [1.29, 1.82) is 0 Å². The Balaban J connectivity index is 0.00000115. The van der Waals surface area contributed by atoms with Crippen molar-refractivity contribution < 1.29 is 23.8 Å². The number of benzene rings is 2. The van der Waals surface area contributed by atoms with Crippen molar-refractivity contribution >= 4 is 11.7 Å². The molecule has 7 nitrogen and oxygen atoms in total. The molecule has 1 aromatic heterocycles. The van der Waals surface area contributed by atoms with E-state index in [1.165, 1.54) is 24.3 Å². The topological polar surface area (TPSA) is 121 Å². The van der Waals surface area contributed by atoms with Crippen LogP contribution < -0.4 is 11.1 Å². The van der Waals surface area contributed by atoms with Gasteiger partial charge in [0.15, 0.2) is 0 Å². The average molecular weight is 515 g/mol. The van der Waals surface area contributed by atoms with Gasteiger partial charge in [0.2, 0.25) is 0 Å². The van der Waals surface area contributed by atoms with E-state index in [1.54, 1.807) is 25.3 Å². The first kappa shape index (κ1) is 29.8. The number of aliphatic hydroxyl groups excluding tert-OH is 2. The number of rotatable bonds is 5. The number of carbonyl (C=O) groups is 1. The Morgan fingerprint density at radius 3 is 2.51 bits per heavy atom. The van der Waals surface area contributed by atoms with E-state index in [0.29, 0.717) is 28.9 Å². The van der Waals surface area contributed by atoms with Crippen molar-refractivity contribution in [2.75, 3.05) is 12.8 Å². The van der Waals surface area contributed by atoms with E-state index in [4.69, 9.17) is 10.8 Å². The molecule has 0 bridgehead atoms. The molecule has 1 fully saturated rings. The fourth-order valence-electron chi connectivity index (χ4n) is 4.29. The van der Waals surface area contributed by atoms with Crippen LogP contribution in [-0.4, -0.2) is 39.3 Å². The van der Waals surface area contributed by atoms with Gasteiger partial charge in [0, 0.05) is 25.1 Å². The smallest absolute Gasteiger partial charge is 0.254 e. The summed E-state index contributed by atoms with van der Waals surface area (Å²) >= 11 is 0. The highest BCUT2D eigenvalue weighted by atomic mass is 19.1. The third kappa shape index (κ3) is 8.03. The second-order valence-corrected chi connectivity index (χ2v) is 8.56. The van der Waals surface area contributed by atoms with E-state index in [9.17, 15) is 18.7 Å². The molecule has 0 saturated heterocycles. The van der Waals surface area contributed by atoms with Crippen molar-refractivity contribution in [2.24, 2.45) is 0 Å². The van der Waals surface area contributed by atoms with Crippen molar-refractivity contribution in [3.05, 3.63) is 76.6 Å². The SMILES string of the molecule is CC.CO.Cc1cc(F)cc(CNC(=O)c2ccc(-c3nc(C4CCCC(O)C4)cnc3N)cc2F)c1. The maximum absolute atomic E-state index is 14.8. The number of aromatic nitrogens is 2. The molecule has 0 aliphatic heterocycles. The molecule has 37 heavy (non-hydrogen) atoms. The third-order valence-electron chi connectivity index (χ3n) is 5.93. The second kappa shape index (κ2) is 14.3. The van der Waals surface area contributed by atoms with Crippen LogP contribution >= 0.6 is 0 Å². The van der Waals surface area contributed by atoms with Crippen LogP contribution in [0.25, 0.3) is 11.3 Å². The fourth-order valence-corrected chi connectivity index (χ4v) is 4.29. The molecule has 1 aliphatic carbocycles. The van der Waals surface area contributed by atoms with Crippen LogP contribution in [0.3, 0.4) is 0 Å². The van der Waals surface area contributed by atoms with Crippen molar-refractivity contribution in [3.8, 4) is 11.3 Å². The summed E-state index contributed by atoms with van der Waals surface area (Å²) in [5, 5.41) is 19.6. The van der Waals surface area contributed by atoms with Gasteiger partial charge in [-0.1, -0.05) is 32.4 Å². The van der Waals surface area contributed by atoms with Gasteiger partial charge in [-0.15, -0.1) is 0 Å². The van der Waals surface area contributed by atoms with Crippen LogP contribution in [0.2, 0.25) is 0 Å². The summed E-state index contributed by atoms with van der Waals surface area (Å²) < 4.78 is 28.4. The molecule has 4 rings (SSSR count). The summed E-state index contributed by atoms with van der Waals surface area (Å²) in [6.45, 7) is 5.83. The van der Waals surface area contributed by atoms with Crippen LogP contribution in [0.15, 0.2) is 42.6 Å². The lowest BCUT2D eigenvalue weighted by Crippen LogP contribution is -2.24. The summed E-state index contributed by atoms with van der Waals surface area (Å²) in [5.74, 6) is -1.49. The molecular weight excluding hydrogens is 478 g/mol. The molecule has 1 aliphatic rings. The van der Waals surface area contributed by atoms with E-state index in [1.807, 2.05) is 13.8 Å². The molecule has 1 heterocycles. The Labute approximate surface area is 216 Å². The van der Waals surface area contributed by atoms with Crippen LogP contribution in [-0.2, 0) is 6.54 Å². The molecule has 200 valence electrons. The number of nitrogens with zero attached hydrogens (tertiary/aromatic N) is 2. The quantitative estimate of drug-likeness (QED) is 0.384. The third-order valence-corrected chi connectivity index (χ3v) is 5.93. The fraction of sp³-hybridized carbons (Fsp3) is 0.393. The van der Waals surface area contributed by atoms with E-state index >= 15 is 0 Å². The first-order chi connectivity index (χ1) is 17.8. The van der Waals surface area contributed by atoms with Crippen LogP contribution in [0, 0.1) is 18.6 Å². The van der Waals surface area contributed by atoms with Gasteiger partial charge in [-0.25, -0.2) is 18.7 Å². The maximum Gasteiger partial charge on any atom is 0.254 e. The van der Waals surface area contributed by atoms with Gasteiger partial charge < -0.3 is 21.3 Å². The minimum absolute atomic E-state index is 0.0713. The number of amides is 1. The molecule has 5 N–H and O–H groups in total. The lowest BCUT2D eigenvalue weighted by molar-refractivity contribution is 0.0946. The zero-order valence-corrected chi connectivity index (χ0v) is 21.8. The highest BCUT2D eigenvalue weighted by molar-refractivity contribution is 5.95. The molecule has 3 aromatic rings. The van der Waals surface area contributed by atoms with Gasteiger partial charge >= 0.3 is 0 Å². The van der Waals surface area contributed by atoms with E-state index in [2.05, 4.69) is 15.3 Å². The van der Waals surface area contributed by atoms with Gasteiger partial charge in [-0.2, -0.15) is 0 Å². The van der Waals surface area contributed by atoms with E-state index in [-0.39, 0.29) is 29.9 Å². The van der Waals surface area contributed by atoms with E-state index < -0.39 is 17.5 Å². The van der Waals surface area contributed by atoms with Gasteiger partial charge in [0.05, 0.1) is 23.6 Å². The van der Waals surface area contributed by atoms with Gasteiger partial charge in [-0.3, -0.25) is 4.79 Å². The first-order valence-electron chi connectivity index (χ1n) is 12.4. The summed E-state index contributed by atoms with van der Waals surface area (Å²) in [6.07, 6.45) is 4.43. The molecule has 9 heteroatoms. The predicted molar refractivity (Wildman–Crippen MR) is 141 cm³/mol. The largest absolute Gasteiger partial charge is 0.400 e. The predicted octanol–water partition coefficient (Wildman–Crippen LogP) is 4.90. The Kier molecular flexibility index (Phi) is 11.6. The van der Waals surface area contributed by atoms with Crippen LogP contribution in [0.1, 0.15) is 72.6 Å². The molecule has 2 aromatic carbocycles. The Hall–Kier alpha value is -3.43. The first-order valence-corrected chi connectivity index (χ1v) is 12.4. The number of halogens is 2. The molecule has 2 unspecified atom stereocenters. The summed E-state index contributed by atoms with van der Waals surface area (Å²) in [7, 11) is 1.00. The normalized spacial score (nSPS) is 16.5. The number of hydrogen-bond acceptors (Lipinski definition) is 6. The average Bonchev–Trinajstić information content (AvgIpc) is 2.89. The zero-order chi connectivity index (χ0) is 27.5. The highest BCUT2D eigenvalue weighted by Gasteiger charge is 2.24. The summed E-state index contributed by atoms with van der Waals surface area (Å²) in [6, 6.07) is 8.62. The number of carbonyl (C=O) groups excluding carboxylic acids is 1. The molecule has 0 spiro atoms. The van der Waals surface area contributed by atoms with E-state index in [0.717, 1.165) is 31.9 Å². The highest BCUT2D eigenvalue weighted by Crippen LogP contribution is 2.34. The number of nitrogens with two attached hydrogens (primary N) is 1. The Morgan fingerprint density at radius 2 is 1.86 bits per heavy atom. The molecule has 1 amide bonds. The number of hydrogen-bond donors (Lipinski definition) is 4. The van der Waals surface area contributed by atoms with Crippen LogP contribution in [0.5, 0.6) is 0 Å². The Bertz CT molecular complexity index is 1170. The van der Waals surface area contributed by atoms with Gasteiger partial charge in [0.1, 0.15) is 23.1 Å². The molecule has 2 atom stereocenters. The standard InChI is InChI=1S/C25H26F2N4O2.C2H6.CH4O/c1-14-7-15(9-18(26)8-14)12-30-25(33)20-6-5-17(11-21(20)27)23-24(28)29-13-22(31-23)16-3-2-4-19(32)10-16;2*1-2/h5-9,11,13,16,19,32H,2-4,10,12H2,1H3,(H2,28,29)(H,30,33);1-2H3;2H,1H3. The number of aliphatic hydroxyl groups is 2. The van der Waals surface area contributed by atoms with Crippen molar-refractivity contribution in [3.63, 3.8) is 0 Å². The number of nitrogen functional groups attached to an aromatic ring is 1. The monoisotopic (exact) mass is 514 g/mol. The number of nitrogens with one attached hydrogen (secondary N) is 1. The van der Waals surface area contributed by atoms with Crippen molar-refractivity contribution in [2.45, 2.75) is 65.0 Å². The number of anilines is 1. The summed E-state index contributed by atoms with van der Waals surface area (Å²) in [5.41, 5.74) is 8.66. The molecular formula is C28H36F2N4O3. The van der Waals surface area contributed by atoms with Gasteiger partial charge in [-0.05, 0) is 61.6 Å². The number of aryl methyl sites for hydroxylation is 1. The summed E-state index contributed by atoms with van der Waals surface area (Å²) in [4.78, 5) is 21.3. The van der Waals surface area contributed by atoms with Crippen molar-refractivity contribution in [1.82, 2.24) is 15.3 Å². The lowest BCUT2D eigenvalue weighted by atomic mass is 9.85. The molecule has 1 saturated carbocycles. The molecule has 0 radical (unpaired) electrons. The minimum atomic E-state index is -0.722. The van der Waals surface area contributed by atoms with Crippen LogP contribution in [0.4, 0.5) is 14.6 Å². The second-order valence-electron chi connectivity index (χ2n) is 8.56. The maximum atomic E-state index is 14.8. The Morgan fingerprint density at radius 1 is 1.14 bits per heavy atom. The van der Waals surface area contributed by atoms with Gasteiger partial charge in [0.25, 0.3) is 5.91 Å². The lowest BCUT2D eigenvalue weighted by Gasteiger charge is -2.25. The minimum Gasteiger partial charge on any atom is -0.400 e.